The summed E-state index contributed by atoms with van der Waals surface area (Å²) in [6, 6.07) is 2.11. The molecular weight excluding hydrogens is 318 g/mol. The van der Waals surface area contributed by atoms with Gasteiger partial charge < -0.3 is 10.4 Å². The van der Waals surface area contributed by atoms with Crippen molar-refractivity contribution in [3.63, 3.8) is 0 Å². The van der Waals surface area contributed by atoms with Crippen LogP contribution in [0.15, 0.2) is 23.0 Å². The molecule has 9 heteroatoms. The Bertz CT molecular complexity index is 675. The van der Waals surface area contributed by atoms with Crippen molar-refractivity contribution in [3.05, 3.63) is 49.4 Å². The number of carboxylic acid groups (broad SMARTS) is 1. The van der Waals surface area contributed by atoms with Crippen LogP contribution in [0.5, 0.6) is 0 Å². The lowest BCUT2D eigenvalue weighted by atomic mass is 10.1. The predicted molar refractivity (Wildman–Crippen MR) is 79.4 cm³/mol. The molecular formula is C12H10ClN3O4S. The van der Waals surface area contributed by atoms with E-state index in [0.29, 0.717) is 13.0 Å². The van der Waals surface area contributed by atoms with Gasteiger partial charge >= 0.3 is 5.97 Å². The van der Waals surface area contributed by atoms with Crippen LogP contribution < -0.4 is 5.32 Å². The lowest BCUT2D eigenvalue weighted by molar-refractivity contribution is -0.384. The van der Waals surface area contributed by atoms with E-state index in [-0.39, 0.29) is 22.0 Å². The van der Waals surface area contributed by atoms with Gasteiger partial charge in [0.05, 0.1) is 32.4 Å². The number of halogens is 1. The largest absolute Gasteiger partial charge is 0.478 e. The van der Waals surface area contributed by atoms with E-state index in [4.69, 9.17) is 16.7 Å². The van der Waals surface area contributed by atoms with E-state index >= 15 is 0 Å². The first kappa shape index (κ1) is 15.2. The number of nitro groups is 1. The van der Waals surface area contributed by atoms with Crippen LogP contribution in [-0.4, -0.2) is 27.5 Å². The highest BCUT2D eigenvalue weighted by atomic mass is 35.5. The van der Waals surface area contributed by atoms with Crippen LogP contribution in [0.1, 0.15) is 16.1 Å². The molecule has 21 heavy (non-hydrogen) atoms. The van der Waals surface area contributed by atoms with Crippen LogP contribution in [0.25, 0.3) is 0 Å². The molecule has 7 nitrogen and oxygen atoms in total. The van der Waals surface area contributed by atoms with E-state index in [1.807, 2.05) is 5.38 Å². The van der Waals surface area contributed by atoms with Crippen LogP contribution in [-0.2, 0) is 6.42 Å². The molecule has 0 saturated carbocycles. The number of aromatic nitrogens is 1. The van der Waals surface area contributed by atoms with Gasteiger partial charge in [-0.05, 0) is 0 Å². The summed E-state index contributed by atoms with van der Waals surface area (Å²) in [5.74, 6) is -1.28. The molecule has 0 aliphatic rings. The predicted octanol–water partition coefficient (Wildman–Crippen LogP) is 3.06. The number of anilines is 1. The standard InChI is InChI=1S/C12H10ClN3O4S/c13-10-4-8(16(19)20)3-9(12(17)18)11(10)14-2-1-7-5-21-6-15-7/h3-6,14H,1-2H2,(H,17,18). The third-order valence-electron chi connectivity index (χ3n) is 2.68. The molecule has 1 aromatic carbocycles. The van der Waals surface area contributed by atoms with Crippen LogP contribution in [0.2, 0.25) is 5.02 Å². The lowest BCUT2D eigenvalue weighted by Crippen LogP contribution is -2.11. The molecule has 1 aromatic heterocycles. The molecule has 0 amide bonds. The van der Waals surface area contributed by atoms with Crippen molar-refractivity contribution in [2.24, 2.45) is 0 Å². The zero-order valence-electron chi connectivity index (χ0n) is 10.6. The first-order valence-corrected chi connectivity index (χ1v) is 7.13. The van der Waals surface area contributed by atoms with Crippen molar-refractivity contribution in [3.8, 4) is 0 Å². The highest BCUT2D eigenvalue weighted by molar-refractivity contribution is 7.07. The minimum Gasteiger partial charge on any atom is -0.478 e. The Hall–Kier alpha value is -2.19. The topological polar surface area (TPSA) is 105 Å². The molecule has 110 valence electrons. The van der Waals surface area contributed by atoms with Gasteiger partial charge in [-0.1, -0.05) is 11.6 Å². The molecule has 2 rings (SSSR count). The van der Waals surface area contributed by atoms with E-state index in [9.17, 15) is 14.9 Å². The SMILES string of the molecule is O=C(O)c1cc([N+](=O)[O-])cc(Cl)c1NCCc1cscn1. The van der Waals surface area contributed by atoms with Gasteiger partial charge in [0.1, 0.15) is 0 Å². The van der Waals surface area contributed by atoms with Crippen LogP contribution in [0.4, 0.5) is 11.4 Å². The second kappa shape index (κ2) is 6.51. The zero-order valence-corrected chi connectivity index (χ0v) is 12.1. The molecule has 0 saturated heterocycles. The van der Waals surface area contributed by atoms with Gasteiger partial charge in [0, 0.05) is 30.5 Å². The quantitative estimate of drug-likeness (QED) is 0.624. The molecule has 0 bridgehead atoms. The number of nitro benzene ring substituents is 1. The third kappa shape index (κ3) is 3.67. The number of nitrogens with one attached hydrogen (secondary N) is 1. The van der Waals surface area contributed by atoms with Gasteiger partial charge in [0.15, 0.2) is 0 Å². The van der Waals surface area contributed by atoms with Gasteiger partial charge in [-0.15, -0.1) is 11.3 Å². The summed E-state index contributed by atoms with van der Waals surface area (Å²) in [6.45, 7) is 0.418. The number of carbonyl (C=O) groups is 1. The molecule has 1 heterocycles. The van der Waals surface area contributed by atoms with Crippen LogP contribution in [0.3, 0.4) is 0 Å². The van der Waals surface area contributed by atoms with Gasteiger partial charge in [-0.3, -0.25) is 10.1 Å². The Morgan fingerprint density at radius 1 is 1.52 bits per heavy atom. The molecule has 0 aliphatic heterocycles. The lowest BCUT2D eigenvalue weighted by Gasteiger charge is -2.11. The molecule has 0 atom stereocenters. The third-order valence-corrected chi connectivity index (χ3v) is 3.62. The summed E-state index contributed by atoms with van der Waals surface area (Å²) in [4.78, 5) is 25.4. The smallest absolute Gasteiger partial charge is 0.338 e. The highest BCUT2D eigenvalue weighted by Gasteiger charge is 2.19. The number of rotatable bonds is 6. The average molecular weight is 328 g/mol. The summed E-state index contributed by atoms with van der Waals surface area (Å²) < 4.78 is 0. The van der Waals surface area contributed by atoms with Crippen molar-refractivity contribution < 1.29 is 14.8 Å². The Morgan fingerprint density at radius 3 is 2.86 bits per heavy atom. The maximum absolute atomic E-state index is 11.2. The number of benzene rings is 1. The Labute approximate surface area is 128 Å². The minimum atomic E-state index is -1.28. The maximum Gasteiger partial charge on any atom is 0.338 e. The maximum atomic E-state index is 11.2. The summed E-state index contributed by atoms with van der Waals surface area (Å²) in [6.07, 6.45) is 0.593. The van der Waals surface area contributed by atoms with Gasteiger partial charge in [-0.25, -0.2) is 9.78 Å². The van der Waals surface area contributed by atoms with Crippen molar-refractivity contribution >= 4 is 40.3 Å². The Morgan fingerprint density at radius 2 is 2.29 bits per heavy atom. The fourth-order valence-corrected chi connectivity index (χ4v) is 2.60. The molecule has 2 N–H and O–H groups in total. The van der Waals surface area contributed by atoms with Crippen molar-refractivity contribution in [2.75, 3.05) is 11.9 Å². The number of hydrogen-bond donors (Lipinski definition) is 2. The average Bonchev–Trinajstić information content (AvgIpc) is 2.92. The van der Waals surface area contributed by atoms with Crippen LogP contribution >= 0.6 is 22.9 Å². The number of nitrogens with zero attached hydrogens (tertiary/aromatic N) is 2. The van der Waals surface area contributed by atoms with Gasteiger partial charge in [0.2, 0.25) is 0 Å². The second-order valence-corrected chi connectivity index (χ2v) is 5.19. The fourth-order valence-electron chi connectivity index (χ4n) is 1.72. The van der Waals surface area contributed by atoms with Crippen molar-refractivity contribution in [1.82, 2.24) is 4.98 Å². The first-order chi connectivity index (χ1) is 9.99. The highest BCUT2D eigenvalue weighted by Crippen LogP contribution is 2.31. The number of thiazole rings is 1. The Kier molecular flexibility index (Phi) is 4.71. The van der Waals surface area contributed by atoms with E-state index in [1.54, 1.807) is 5.51 Å². The summed E-state index contributed by atoms with van der Waals surface area (Å²) in [7, 11) is 0. The fraction of sp³-hybridized carbons (Fsp3) is 0.167. The molecule has 0 radical (unpaired) electrons. The molecule has 0 fully saturated rings. The van der Waals surface area contributed by atoms with Crippen molar-refractivity contribution in [2.45, 2.75) is 6.42 Å². The number of non-ortho nitro benzene ring substituents is 1. The van der Waals surface area contributed by atoms with E-state index < -0.39 is 10.9 Å². The van der Waals surface area contributed by atoms with Gasteiger partial charge in [0.25, 0.3) is 5.69 Å². The summed E-state index contributed by atoms with van der Waals surface area (Å²) in [5, 5.41) is 24.7. The van der Waals surface area contributed by atoms with E-state index in [0.717, 1.165) is 17.8 Å². The molecule has 2 aromatic rings. The molecule has 0 aliphatic carbocycles. The van der Waals surface area contributed by atoms with Gasteiger partial charge in [-0.2, -0.15) is 0 Å². The number of aromatic carboxylic acids is 1. The number of carboxylic acids is 1. The summed E-state index contributed by atoms with van der Waals surface area (Å²) >= 11 is 7.41. The molecule has 0 spiro atoms. The summed E-state index contributed by atoms with van der Waals surface area (Å²) in [5.41, 5.74) is 2.17. The minimum absolute atomic E-state index is 0.000113. The monoisotopic (exact) mass is 327 g/mol. The van der Waals surface area contributed by atoms with E-state index in [2.05, 4.69) is 10.3 Å². The van der Waals surface area contributed by atoms with Crippen molar-refractivity contribution in [1.29, 1.82) is 0 Å². The Balaban J connectivity index is 2.21. The molecule has 0 unspecified atom stereocenters. The van der Waals surface area contributed by atoms with E-state index in [1.165, 1.54) is 11.3 Å². The number of hydrogen-bond acceptors (Lipinski definition) is 6. The normalized spacial score (nSPS) is 10.3. The second-order valence-electron chi connectivity index (χ2n) is 4.07. The zero-order chi connectivity index (χ0) is 15.4. The van der Waals surface area contributed by atoms with Crippen LogP contribution in [0, 0.1) is 10.1 Å². The first-order valence-electron chi connectivity index (χ1n) is 5.81.